The van der Waals surface area contributed by atoms with E-state index in [2.05, 4.69) is 56.4 Å². The number of aromatic nitrogens is 3. The van der Waals surface area contributed by atoms with E-state index in [1.807, 2.05) is 6.07 Å². The molecule has 0 spiro atoms. The van der Waals surface area contributed by atoms with Gasteiger partial charge in [-0.05, 0) is 34.7 Å². The molecule has 0 amide bonds. The van der Waals surface area contributed by atoms with Crippen molar-refractivity contribution in [3.05, 3.63) is 46.5 Å². The van der Waals surface area contributed by atoms with Crippen LogP contribution >= 0.6 is 23.2 Å². The minimum atomic E-state index is 0.106. The number of hydrogen-bond acceptors (Lipinski definition) is 5. The molecule has 5 nitrogen and oxygen atoms in total. The largest absolute Gasteiger partial charge is 0.350 e. The Morgan fingerprint density at radius 2 is 1.77 bits per heavy atom. The molecule has 2 atom stereocenters. The highest BCUT2D eigenvalue weighted by Crippen LogP contribution is 2.22. The van der Waals surface area contributed by atoms with Crippen LogP contribution in [0.25, 0.3) is 0 Å². The molecule has 116 valence electrons. The molecule has 1 aromatic heterocycles. The smallest absolute Gasteiger partial charge is 0.228 e. The molecule has 0 saturated carbocycles. The Morgan fingerprint density at radius 1 is 1.09 bits per heavy atom. The molecule has 0 aliphatic carbocycles. The molecular formula is C15H17Cl2N5. The van der Waals surface area contributed by atoms with Crippen molar-refractivity contribution in [1.82, 2.24) is 19.9 Å². The van der Waals surface area contributed by atoms with E-state index >= 15 is 0 Å². The van der Waals surface area contributed by atoms with Gasteiger partial charge in [0.15, 0.2) is 0 Å². The first-order valence-electron chi connectivity index (χ1n) is 7.20. The fourth-order valence-corrected chi connectivity index (χ4v) is 3.15. The van der Waals surface area contributed by atoms with Crippen LogP contribution in [-0.2, 0) is 6.54 Å². The molecular weight excluding hydrogens is 321 g/mol. The van der Waals surface area contributed by atoms with Gasteiger partial charge in [0.1, 0.15) is 0 Å². The second kappa shape index (κ2) is 6.77. The van der Waals surface area contributed by atoms with Gasteiger partial charge in [0.2, 0.25) is 16.5 Å². The summed E-state index contributed by atoms with van der Waals surface area (Å²) in [5.41, 5.74) is 1.32. The van der Waals surface area contributed by atoms with Crippen molar-refractivity contribution in [3.63, 3.8) is 0 Å². The molecule has 1 N–H and O–H groups in total. The quantitative estimate of drug-likeness (QED) is 0.928. The van der Waals surface area contributed by atoms with Crippen molar-refractivity contribution in [1.29, 1.82) is 0 Å². The number of hydrogen-bond donors (Lipinski definition) is 1. The molecule has 1 aliphatic rings. The van der Waals surface area contributed by atoms with Gasteiger partial charge < -0.3 is 5.32 Å². The van der Waals surface area contributed by atoms with Crippen molar-refractivity contribution < 1.29 is 0 Å². The Morgan fingerprint density at radius 3 is 2.45 bits per heavy atom. The molecule has 22 heavy (non-hydrogen) atoms. The van der Waals surface area contributed by atoms with Crippen molar-refractivity contribution in [3.8, 4) is 0 Å². The standard InChI is InChI=1S/C15H17Cl2N5/c1-10-7-22(8-11-5-3-2-4-6-11)9-12(10)18-15-20-13(16)19-14(17)21-15/h2-6,10,12H,7-9H2,1H3,(H,18,19,20,21). The van der Waals surface area contributed by atoms with Gasteiger partial charge >= 0.3 is 0 Å². The van der Waals surface area contributed by atoms with Crippen LogP contribution in [0, 0.1) is 5.92 Å². The normalized spacial score (nSPS) is 22.0. The number of nitrogens with zero attached hydrogens (tertiary/aromatic N) is 4. The molecule has 2 unspecified atom stereocenters. The second-order valence-corrected chi connectivity index (χ2v) is 6.28. The first-order chi connectivity index (χ1) is 10.6. The Bertz CT molecular complexity index is 617. The third-order valence-electron chi connectivity index (χ3n) is 3.83. The molecule has 1 aromatic carbocycles. The van der Waals surface area contributed by atoms with Crippen LogP contribution in [0.2, 0.25) is 10.6 Å². The van der Waals surface area contributed by atoms with Crippen molar-refractivity contribution >= 4 is 29.2 Å². The average molecular weight is 338 g/mol. The Labute approximate surface area is 139 Å². The van der Waals surface area contributed by atoms with Crippen LogP contribution in [0.15, 0.2) is 30.3 Å². The number of likely N-dealkylation sites (tertiary alicyclic amines) is 1. The topological polar surface area (TPSA) is 53.9 Å². The maximum atomic E-state index is 5.81. The highest BCUT2D eigenvalue weighted by molar-refractivity contribution is 6.31. The Kier molecular flexibility index (Phi) is 4.76. The molecule has 1 aliphatic heterocycles. The van der Waals surface area contributed by atoms with Crippen LogP contribution in [0.4, 0.5) is 5.95 Å². The van der Waals surface area contributed by atoms with E-state index < -0.39 is 0 Å². The van der Waals surface area contributed by atoms with Crippen LogP contribution in [0.5, 0.6) is 0 Å². The zero-order valence-electron chi connectivity index (χ0n) is 12.2. The lowest BCUT2D eigenvalue weighted by atomic mass is 10.1. The van der Waals surface area contributed by atoms with E-state index in [1.165, 1.54) is 5.56 Å². The third kappa shape index (κ3) is 3.85. The van der Waals surface area contributed by atoms with Gasteiger partial charge in [-0.15, -0.1) is 0 Å². The molecule has 0 bridgehead atoms. The van der Waals surface area contributed by atoms with Gasteiger partial charge in [-0.3, -0.25) is 4.90 Å². The zero-order valence-corrected chi connectivity index (χ0v) is 13.7. The summed E-state index contributed by atoms with van der Waals surface area (Å²) in [7, 11) is 0. The summed E-state index contributed by atoms with van der Waals surface area (Å²) in [6.07, 6.45) is 0. The third-order valence-corrected chi connectivity index (χ3v) is 4.17. The fourth-order valence-electron chi connectivity index (χ4n) is 2.78. The maximum absolute atomic E-state index is 5.81. The summed E-state index contributed by atoms with van der Waals surface area (Å²) in [5.74, 6) is 0.918. The first-order valence-corrected chi connectivity index (χ1v) is 7.95. The number of rotatable bonds is 4. The Balaban J connectivity index is 1.63. The van der Waals surface area contributed by atoms with E-state index in [0.29, 0.717) is 11.9 Å². The SMILES string of the molecule is CC1CN(Cc2ccccc2)CC1Nc1nc(Cl)nc(Cl)n1. The predicted octanol–water partition coefficient (Wildman–Crippen LogP) is 3.11. The second-order valence-electron chi connectivity index (χ2n) is 5.60. The van der Waals surface area contributed by atoms with E-state index in [4.69, 9.17) is 23.2 Å². The number of anilines is 1. The summed E-state index contributed by atoms with van der Waals surface area (Å²) >= 11 is 11.6. The first kappa shape index (κ1) is 15.5. The van der Waals surface area contributed by atoms with Crippen LogP contribution < -0.4 is 5.32 Å². The molecule has 1 fully saturated rings. The number of halogens is 2. The molecule has 3 rings (SSSR count). The highest BCUT2D eigenvalue weighted by Gasteiger charge is 2.30. The van der Waals surface area contributed by atoms with E-state index in [1.54, 1.807) is 0 Å². The minimum Gasteiger partial charge on any atom is -0.350 e. The van der Waals surface area contributed by atoms with Gasteiger partial charge in [0.25, 0.3) is 0 Å². The van der Waals surface area contributed by atoms with Crippen LogP contribution in [0.1, 0.15) is 12.5 Å². The molecule has 1 saturated heterocycles. The van der Waals surface area contributed by atoms with Crippen molar-refractivity contribution in [2.45, 2.75) is 19.5 Å². The molecule has 7 heteroatoms. The monoisotopic (exact) mass is 337 g/mol. The molecule has 2 heterocycles. The van der Waals surface area contributed by atoms with E-state index in [0.717, 1.165) is 19.6 Å². The van der Waals surface area contributed by atoms with Gasteiger partial charge in [0.05, 0.1) is 0 Å². The highest BCUT2D eigenvalue weighted by atomic mass is 35.5. The zero-order chi connectivity index (χ0) is 15.5. The summed E-state index contributed by atoms with van der Waals surface area (Å²) in [6.45, 7) is 5.12. The Hall–Kier alpha value is -1.43. The lowest BCUT2D eigenvalue weighted by molar-refractivity contribution is 0.319. The van der Waals surface area contributed by atoms with E-state index in [-0.39, 0.29) is 16.6 Å². The lowest BCUT2D eigenvalue weighted by Crippen LogP contribution is -2.29. The average Bonchev–Trinajstić information content (AvgIpc) is 2.78. The summed E-state index contributed by atoms with van der Waals surface area (Å²) in [4.78, 5) is 14.3. The van der Waals surface area contributed by atoms with Gasteiger partial charge in [-0.2, -0.15) is 15.0 Å². The summed E-state index contributed by atoms with van der Waals surface area (Å²) in [5, 5.41) is 3.53. The lowest BCUT2D eigenvalue weighted by Gasteiger charge is -2.17. The summed E-state index contributed by atoms with van der Waals surface area (Å²) in [6, 6.07) is 10.7. The van der Waals surface area contributed by atoms with Gasteiger partial charge in [-0.1, -0.05) is 37.3 Å². The fraction of sp³-hybridized carbons (Fsp3) is 0.400. The van der Waals surface area contributed by atoms with E-state index in [9.17, 15) is 0 Å². The van der Waals surface area contributed by atoms with Crippen LogP contribution in [0.3, 0.4) is 0 Å². The predicted molar refractivity (Wildman–Crippen MR) is 88.1 cm³/mol. The molecule has 2 aromatic rings. The molecule has 0 radical (unpaired) electrons. The number of nitrogens with one attached hydrogen (secondary N) is 1. The summed E-state index contributed by atoms with van der Waals surface area (Å²) < 4.78 is 0. The van der Waals surface area contributed by atoms with Crippen molar-refractivity contribution in [2.75, 3.05) is 18.4 Å². The van der Waals surface area contributed by atoms with Gasteiger partial charge in [0, 0.05) is 25.7 Å². The minimum absolute atomic E-state index is 0.106. The maximum Gasteiger partial charge on any atom is 0.228 e. The number of benzene rings is 1. The van der Waals surface area contributed by atoms with Crippen molar-refractivity contribution in [2.24, 2.45) is 5.92 Å². The van der Waals surface area contributed by atoms with Crippen LogP contribution in [-0.4, -0.2) is 39.0 Å². The van der Waals surface area contributed by atoms with Gasteiger partial charge in [-0.25, -0.2) is 0 Å².